The number of hydrogen-bond donors (Lipinski definition) is 1. The zero-order valence-corrected chi connectivity index (χ0v) is 21.8. The maximum Gasteiger partial charge on any atom is 0.192 e. The van der Waals surface area contributed by atoms with Crippen molar-refractivity contribution in [2.45, 2.75) is 117 Å². The zero-order chi connectivity index (χ0) is 22.1. The van der Waals surface area contributed by atoms with Crippen LogP contribution >= 0.6 is 0 Å². The van der Waals surface area contributed by atoms with Crippen molar-refractivity contribution in [1.82, 2.24) is 0 Å². The highest BCUT2D eigenvalue weighted by Crippen LogP contribution is 2.66. The van der Waals surface area contributed by atoms with E-state index in [0.717, 1.165) is 24.7 Å². The standard InChI is InChI=1S/C27H46O2Si/c1-9-21-24(28)17-23-20-11-10-18-16-19(29-30(7,8)25(2,3)4)12-14-26(18,5)22(20)13-15-27(21,23)6/h9-10,19-20,22-24,28H,11-17H2,1-8H3/t19-,20+,22-,23-,24+,26-,27+/m0/s1. The van der Waals surface area contributed by atoms with Crippen molar-refractivity contribution in [3.63, 3.8) is 0 Å². The zero-order valence-electron chi connectivity index (χ0n) is 20.8. The number of aliphatic hydroxyl groups excluding tert-OH is 1. The van der Waals surface area contributed by atoms with E-state index in [1.807, 2.05) is 0 Å². The fourth-order valence-electron chi connectivity index (χ4n) is 7.71. The number of aliphatic hydroxyl groups is 1. The van der Waals surface area contributed by atoms with Gasteiger partial charge in [-0.2, -0.15) is 0 Å². The largest absolute Gasteiger partial charge is 0.414 e. The normalized spacial score (nSPS) is 45.6. The molecule has 7 atom stereocenters. The summed E-state index contributed by atoms with van der Waals surface area (Å²) in [4.78, 5) is 0. The quantitative estimate of drug-likeness (QED) is 0.369. The molecule has 0 spiro atoms. The molecule has 0 aromatic carbocycles. The van der Waals surface area contributed by atoms with Gasteiger partial charge >= 0.3 is 0 Å². The molecule has 0 saturated heterocycles. The summed E-state index contributed by atoms with van der Waals surface area (Å²) in [6.07, 6.45) is 13.5. The molecule has 4 aliphatic rings. The average Bonchev–Trinajstić information content (AvgIpc) is 2.90. The summed E-state index contributed by atoms with van der Waals surface area (Å²) in [6.45, 7) is 19.0. The van der Waals surface area contributed by atoms with Crippen LogP contribution in [-0.2, 0) is 4.43 Å². The van der Waals surface area contributed by atoms with E-state index < -0.39 is 8.32 Å². The van der Waals surface area contributed by atoms with Crippen LogP contribution in [0.3, 0.4) is 0 Å². The monoisotopic (exact) mass is 430 g/mol. The minimum atomic E-state index is -1.72. The molecule has 0 aromatic heterocycles. The minimum absolute atomic E-state index is 0.212. The Balaban J connectivity index is 1.55. The fourth-order valence-corrected chi connectivity index (χ4v) is 9.09. The van der Waals surface area contributed by atoms with Crippen LogP contribution in [0, 0.1) is 28.6 Å². The molecule has 3 saturated carbocycles. The Morgan fingerprint density at radius 1 is 1.10 bits per heavy atom. The van der Waals surface area contributed by atoms with Crippen LogP contribution in [0.15, 0.2) is 23.3 Å². The Kier molecular flexibility index (Phi) is 5.56. The first-order valence-electron chi connectivity index (χ1n) is 12.6. The predicted molar refractivity (Wildman–Crippen MR) is 129 cm³/mol. The van der Waals surface area contributed by atoms with E-state index >= 15 is 0 Å². The van der Waals surface area contributed by atoms with Gasteiger partial charge in [0.05, 0.1) is 6.10 Å². The summed E-state index contributed by atoms with van der Waals surface area (Å²) in [5.41, 5.74) is 3.60. The molecule has 0 bridgehead atoms. The first-order valence-corrected chi connectivity index (χ1v) is 15.5. The summed E-state index contributed by atoms with van der Waals surface area (Å²) in [7, 11) is -1.72. The molecule has 3 heteroatoms. The van der Waals surface area contributed by atoms with Crippen LogP contribution in [0.5, 0.6) is 0 Å². The highest BCUT2D eigenvalue weighted by atomic mass is 28.4. The molecule has 0 radical (unpaired) electrons. The topological polar surface area (TPSA) is 29.5 Å². The fraction of sp³-hybridized carbons (Fsp3) is 0.852. The lowest BCUT2D eigenvalue weighted by atomic mass is 9.48. The van der Waals surface area contributed by atoms with E-state index in [1.165, 1.54) is 37.7 Å². The van der Waals surface area contributed by atoms with Gasteiger partial charge in [-0.25, -0.2) is 0 Å². The van der Waals surface area contributed by atoms with Gasteiger partial charge in [-0.1, -0.05) is 52.3 Å². The second-order valence-corrected chi connectivity index (χ2v) is 17.7. The van der Waals surface area contributed by atoms with E-state index in [2.05, 4.69) is 66.8 Å². The van der Waals surface area contributed by atoms with Crippen molar-refractivity contribution in [2.75, 3.05) is 0 Å². The van der Waals surface area contributed by atoms with Crippen LogP contribution in [0.4, 0.5) is 0 Å². The van der Waals surface area contributed by atoms with Crippen molar-refractivity contribution in [3.05, 3.63) is 23.3 Å². The third-order valence-electron chi connectivity index (χ3n) is 10.5. The van der Waals surface area contributed by atoms with Gasteiger partial charge in [-0.3, -0.25) is 0 Å². The molecule has 30 heavy (non-hydrogen) atoms. The first-order chi connectivity index (χ1) is 13.8. The van der Waals surface area contributed by atoms with Gasteiger partial charge in [0.15, 0.2) is 8.32 Å². The highest BCUT2D eigenvalue weighted by Gasteiger charge is 2.59. The second-order valence-electron chi connectivity index (χ2n) is 13.0. The molecule has 0 aliphatic heterocycles. The SMILES string of the molecule is CC=C1[C@H](O)C[C@H]2[C@@H]3CC=C4C[C@@H](O[Si](C)(C)C(C)(C)C)CC[C@]4(C)[C@H]3CC[C@]12C. The molecular formula is C27H46O2Si. The summed E-state index contributed by atoms with van der Waals surface area (Å²) >= 11 is 0. The predicted octanol–water partition coefficient (Wildman–Crippen LogP) is 7.26. The summed E-state index contributed by atoms with van der Waals surface area (Å²) in [5, 5.41) is 11.1. The maximum absolute atomic E-state index is 10.8. The average molecular weight is 431 g/mol. The molecule has 3 fully saturated rings. The van der Waals surface area contributed by atoms with Gasteiger partial charge in [0.2, 0.25) is 0 Å². The third-order valence-corrected chi connectivity index (χ3v) is 15.1. The van der Waals surface area contributed by atoms with Crippen LogP contribution < -0.4 is 0 Å². The lowest BCUT2D eigenvalue weighted by Crippen LogP contribution is -2.51. The van der Waals surface area contributed by atoms with Gasteiger partial charge in [-0.05, 0) is 104 Å². The van der Waals surface area contributed by atoms with Gasteiger partial charge in [0.25, 0.3) is 0 Å². The van der Waals surface area contributed by atoms with Gasteiger partial charge in [-0.15, -0.1) is 0 Å². The molecule has 0 aromatic rings. The summed E-state index contributed by atoms with van der Waals surface area (Å²) < 4.78 is 6.86. The molecular weight excluding hydrogens is 384 g/mol. The molecule has 4 aliphatic carbocycles. The van der Waals surface area contributed by atoms with Gasteiger partial charge in [0, 0.05) is 6.10 Å². The third kappa shape index (κ3) is 3.33. The highest BCUT2D eigenvalue weighted by molar-refractivity contribution is 6.74. The van der Waals surface area contributed by atoms with Crippen molar-refractivity contribution in [2.24, 2.45) is 28.6 Å². The minimum Gasteiger partial charge on any atom is -0.414 e. The molecule has 170 valence electrons. The number of allylic oxidation sites excluding steroid dienone is 2. The Morgan fingerprint density at radius 2 is 1.77 bits per heavy atom. The van der Waals surface area contributed by atoms with Crippen molar-refractivity contribution in [3.8, 4) is 0 Å². The van der Waals surface area contributed by atoms with E-state index in [1.54, 1.807) is 5.57 Å². The maximum atomic E-state index is 10.8. The van der Waals surface area contributed by atoms with Crippen molar-refractivity contribution in [1.29, 1.82) is 0 Å². The van der Waals surface area contributed by atoms with Crippen LogP contribution in [-0.4, -0.2) is 25.6 Å². The lowest BCUT2D eigenvalue weighted by molar-refractivity contribution is -0.0264. The van der Waals surface area contributed by atoms with Gasteiger partial charge < -0.3 is 9.53 Å². The molecule has 4 rings (SSSR count). The van der Waals surface area contributed by atoms with E-state index in [4.69, 9.17) is 4.43 Å². The Hall–Kier alpha value is -0.383. The number of hydrogen-bond acceptors (Lipinski definition) is 2. The number of fused-ring (bicyclic) bond motifs is 5. The smallest absolute Gasteiger partial charge is 0.192 e. The first kappa shape index (κ1) is 22.8. The Bertz CT molecular complexity index is 744. The molecule has 2 nitrogen and oxygen atoms in total. The van der Waals surface area contributed by atoms with Crippen LogP contribution in [0.25, 0.3) is 0 Å². The number of rotatable bonds is 2. The van der Waals surface area contributed by atoms with Crippen LogP contribution in [0.2, 0.25) is 18.1 Å². The lowest BCUT2D eigenvalue weighted by Gasteiger charge is -2.58. The van der Waals surface area contributed by atoms with Gasteiger partial charge in [0.1, 0.15) is 0 Å². The summed E-state index contributed by atoms with van der Waals surface area (Å²) in [6, 6.07) is 0. The van der Waals surface area contributed by atoms with Crippen molar-refractivity contribution < 1.29 is 9.53 Å². The van der Waals surface area contributed by atoms with Crippen molar-refractivity contribution >= 4 is 8.32 Å². The van der Waals surface area contributed by atoms with E-state index in [0.29, 0.717) is 17.4 Å². The van der Waals surface area contributed by atoms with E-state index in [9.17, 15) is 5.11 Å². The second kappa shape index (κ2) is 7.32. The molecule has 0 unspecified atom stereocenters. The molecule has 0 heterocycles. The Labute approximate surface area is 186 Å². The summed E-state index contributed by atoms with van der Waals surface area (Å²) in [5.74, 6) is 2.17. The van der Waals surface area contributed by atoms with E-state index in [-0.39, 0.29) is 16.6 Å². The van der Waals surface area contributed by atoms with Crippen LogP contribution in [0.1, 0.15) is 86.5 Å². The molecule has 1 N–H and O–H groups in total. The molecule has 0 amide bonds. The Morgan fingerprint density at radius 3 is 2.40 bits per heavy atom.